The van der Waals surface area contributed by atoms with Gasteiger partial charge in [-0.05, 0) is 49.2 Å². The summed E-state index contributed by atoms with van der Waals surface area (Å²) in [7, 11) is 0. The third-order valence-corrected chi connectivity index (χ3v) is 3.77. The van der Waals surface area contributed by atoms with Crippen LogP contribution < -0.4 is 10.2 Å². The number of aromatic nitrogens is 1. The van der Waals surface area contributed by atoms with Gasteiger partial charge in [0.15, 0.2) is 6.61 Å². The molecule has 0 atom stereocenters. The molecule has 0 saturated carbocycles. The van der Waals surface area contributed by atoms with Crippen LogP contribution in [0.2, 0.25) is 0 Å². The molecule has 0 fully saturated rings. The highest BCUT2D eigenvalue weighted by Gasteiger charge is 2.05. The van der Waals surface area contributed by atoms with E-state index in [-0.39, 0.29) is 12.5 Å². The minimum atomic E-state index is -0.291. The molecule has 122 valence electrons. The number of nitrogens with zero attached hydrogens (tertiary/aromatic N) is 1. The quantitative estimate of drug-likeness (QED) is 0.559. The van der Waals surface area contributed by atoms with Crippen LogP contribution in [0.25, 0.3) is 10.9 Å². The number of carbonyl (C=O) groups is 1. The zero-order valence-electron chi connectivity index (χ0n) is 13.7. The predicted molar refractivity (Wildman–Crippen MR) is 95.3 cm³/mol. The number of amides is 1. The molecule has 24 heavy (non-hydrogen) atoms. The Morgan fingerprint density at radius 2 is 2.04 bits per heavy atom. The molecule has 0 aliphatic rings. The van der Waals surface area contributed by atoms with Crippen LogP contribution in [0, 0.1) is 6.92 Å². The van der Waals surface area contributed by atoms with Gasteiger partial charge in [-0.15, -0.1) is 0 Å². The van der Waals surface area contributed by atoms with E-state index in [9.17, 15) is 4.79 Å². The number of aryl methyl sites for hydroxylation is 1. The zero-order valence-corrected chi connectivity index (χ0v) is 13.7. The number of para-hydroxylation sites is 1. The number of ether oxygens (including phenoxy) is 1. The summed E-state index contributed by atoms with van der Waals surface area (Å²) < 4.78 is 5.50. The summed E-state index contributed by atoms with van der Waals surface area (Å²) in [5, 5.41) is 5.25. The summed E-state index contributed by atoms with van der Waals surface area (Å²) in [6, 6.07) is 15.6. The molecule has 3 rings (SSSR count). The van der Waals surface area contributed by atoms with E-state index >= 15 is 0 Å². The van der Waals surface area contributed by atoms with E-state index in [4.69, 9.17) is 4.74 Å². The highest BCUT2D eigenvalue weighted by Crippen LogP contribution is 2.16. The zero-order chi connectivity index (χ0) is 16.9. The molecule has 0 bridgehead atoms. The smallest absolute Gasteiger partial charge is 0.277 e. The van der Waals surface area contributed by atoms with Crippen molar-refractivity contribution in [1.82, 2.24) is 10.4 Å². The number of H-pyrrole nitrogens is 1. The van der Waals surface area contributed by atoms with Gasteiger partial charge in [0, 0.05) is 17.1 Å². The van der Waals surface area contributed by atoms with Gasteiger partial charge in [-0.25, -0.2) is 5.43 Å². The van der Waals surface area contributed by atoms with Gasteiger partial charge in [0.05, 0.1) is 5.71 Å². The summed E-state index contributed by atoms with van der Waals surface area (Å²) in [5.74, 6) is 0.409. The number of hydrazone groups is 1. The molecule has 0 saturated heterocycles. The highest BCUT2D eigenvalue weighted by molar-refractivity contribution is 6.02. The van der Waals surface area contributed by atoms with Crippen molar-refractivity contribution < 1.29 is 9.53 Å². The van der Waals surface area contributed by atoms with Crippen LogP contribution >= 0.6 is 0 Å². The number of hydrogen-bond donors (Lipinski definition) is 2. The average molecular weight is 321 g/mol. The second-order valence-corrected chi connectivity index (χ2v) is 5.57. The first kappa shape index (κ1) is 15.8. The second-order valence-electron chi connectivity index (χ2n) is 5.57. The summed E-state index contributed by atoms with van der Waals surface area (Å²) in [6.45, 7) is 3.72. The van der Waals surface area contributed by atoms with Gasteiger partial charge in [0.2, 0.25) is 0 Å². The van der Waals surface area contributed by atoms with Crippen molar-refractivity contribution in [2.24, 2.45) is 5.10 Å². The monoisotopic (exact) mass is 321 g/mol. The number of hydrogen-bond acceptors (Lipinski definition) is 3. The fourth-order valence-electron chi connectivity index (χ4n) is 2.38. The van der Waals surface area contributed by atoms with Crippen molar-refractivity contribution in [3.63, 3.8) is 0 Å². The van der Waals surface area contributed by atoms with Crippen LogP contribution in [0.1, 0.15) is 18.1 Å². The lowest BCUT2D eigenvalue weighted by Gasteiger charge is -2.08. The minimum Gasteiger partial charge on any atom is -0.483 e. The molecule has 0 radical (unpaired) electrons. The topological polar surface area (TPSA) is 66.5 Å². The Kier molecular flexibility index (Phi) is 4.61. The highest BCUT2D eigenvalue weighted by atomic mass is 16.5. The Balaban J connectivity index is 1.59. The second kappa shape index (κ2) is 7.00. The molecular weight excluding hydrogens is 302 g/mol. The molecule has 5 heteroatoms. The molecule has 3 aromatic rings. The largest absolute Gasteiger partial charge is 0.483 e. The van der Waals surface area contributed by atoms with Gasteiger partial charge in [0.1, 0.15) is 5.75 Å². The number of nitrogens with one attached hydrogen (secondary N) is 2. The van der Waals surface area contributed by atoms with Crippen molar-refractivity contribution in [1.29, 1.82) is 0 Å². The molecule has 1 amide bonds. The first-order valence-electron chi connectivity index (χ1n) is 7.72. The van der Waals surface area contributed by atoms with E-state index < -0.39 is 0 Å². The number of rotatable bonds is 5. The van der Waals surface area contributed by atoms with Gasteiger partial charge in [-0.1, -0.05) is 24.3 Å². The summed E-state index contributed by atoms with van der Waals surface area (Å²) in [6.07, 6.45) is 1.89. The van der Waals surface area contributed by atoms with Crippen LogP contribution in [0.15, 0.2) is 59.8 Å². The summed E-state index contributed by atoms with van der Waals surface area (Å²) in [5.41, 5.74) is 6.29. The summed E-state index contributed by atoms with van der Waals surface area (Å²) in [4.78, 5) is 15.0. The number of carbonyl (C=O) groups excluding carboxylic acids is 1. The fraction of sp³-hybridized carbons (Fsp3) is 0.158. The Hall–Kier alpha value is -3.08. The van der Waals surface area contributed by atoms with Crippen molar-refractivity contribution in [3.8, 4) is 5.75 Å². The maximum absolute atomic E-state index is 11.9. The fourth-order valence-corrected chi connectivity index (χ4v) is 2.38. The summed E-state index contributed by atoms with van der Waals surface area (Å²) >= 11 is 0. The van der Waals surface area contributed by atoms with Gasteiger partial charge < -0.3 is 9.72 Å². The third-order valence-electron chi connectivity index (χ3n) is 3.77. The van der Waals surface area contributed by atoms with Crippen molar-refractivity contribution in [2.75, 3.05) is 6.61 Å². The van der Waals surface area contributed by atoms with Crippen LogP contribution in [0.5, 0.6) is 5.75 Å². The van der Waals surface area contributed by atoms with Crippen LogP contribution in [0.3, 0.4) is 0 Å². The van der Waals surface area contributed by atoms with Gasteiger partial charge in [-0.2, -0.15) is 5.10 Å². The van der Waals surface area contributed by atoms with Gasteiger partial charge in [0.25, 0.3) is 5.91 Å². The molecule has 0 unspecified atom stereocenters. The Morgan fingerprint density at radius 3 is 2.88 bits per heavy atom. The van der Waals surface area contributed by atoms with Crippen molar-refractivity contribution in [2.45, 2.75) is 13.8 Å². The van der Waals surface area contributed by atoms with E-state index in [0.29, 0.717) is 5.75 Å². The first-order chi connectivity index (χ1) is 11.6. The molecule has 0 aliphatic heterocycles. The Morgan fingerprint density at radius 1 is 1.21 bits per heavy atom. The normalized spacial score (nSPS) is 11.5. The lowest BCUT2D eigenvalue weighted by molar-refractivity contribution is -0.123. The minimum absolute atomic E-state index is 0.0710. The third kappa shape index (κ3) is 3.63. The van der Waals surface area contributed by atoms with Gasteiger partial charge >= 0.3 is 0 Å². The maximum Gasteiger partial charge on any atom is 0.277 e. The van der Waals surface area contributed by atoms with Crippen LogP contribution in [0.4, 0.5) is 0 Å². The Labute approximate surface area is 140 Å². The van der Waals surface area contributed by atoms with E-state index in [1.165, 1.54) is 0 Å². The predicted octanol–water partition coefficient (Wildman–Crippen LogP) is 3.40. The average Bonchev–Trinajstić information content (AvgIpc) is 3.06. The maximum atomic E-state index is 11.9. The molecular formula is C19H19N3O2. The molecule has 2 aromatic carbocycles. The molecule has 0 spiro atoms. The van der Waals surface area contributed by atoms with E-state index in [1.807, 2.05) is 68.6 Å². The Bertz CT molecular complexity index is 896. The molecule has 2 N–H and O–H groups in total. The molecule has 1 heterocycles. The lowest BCUT2D eigenvalue weighted by Crippen LogP contribution is -2.25. The van der Waals surface area contributed by atoms with E-state index in [1.54, 1.807) is 0 Å². The van der Waals surface area contributed by atoms with Crippen LogP contribution in [-0.4, -0.2) is 23.2 Å². The molecule has 5 nitrogen and oxygen atoms in total. The standard InChI is InChI=1S/C19H19N3O2/c1-13-5-3-4-6-18(13)24-12-19(23)22-21-14(2)15-7-8-17-16(11-15)9-10-20-17/h3-11,20H,12H2,1-2H3,(H,22,23)/b21-14-. The van der Waals surface area contributed by atoms with Crippen molar-refractivity contribution in [3.05, 3.63) is 65.9 Å². The molecule has 0 aliphatic carbocycles. The number of fused-ring (bicyclic) bond motifs is 1. The van der Waals surface area contributed by atoms with E-state index in [2.05, 4.69) is 15.5 Å². The number of benzene rings is 2. The first-order valence-corrected chi connectivity index (χ1v) is 7.72. The van der Waals surface area contributed by atoms with Crippen LogP contribution in [-0.2, 0) is 4.79 Å². The SMILES string of the molecule is C/C(=N/NC(=O)COc1ccccc1C)c1ccc2[nH]ccc2c1. The lowest BCUT2D eigenvalue weighted by atomic mass is 10.1. The molecule has 1 aromatic heterocycles. The number of aromatic amines is 1. The van der Waals surface area contributed by atoms with E-state index in [0.717, 1.165) is 27.7 Å². The van der Waals surface area contributed by atoms with Gasteiger partial charge in [-0.3, -0.25) is 4.79 Å². The van der Waals surface area contributed by atoms with Crippen molar-refractivity contribution >= 4 is 22.5 Å².